The monoisotopic (exact) mass is 103 g/mol. The average Bonchev–Trinajstić information content (AvgIpc) is 1.33. The molecule has 0 bridgehead atoms. The molecular weight excluding hydrogens is 88.1 g/mol. The standard InChI is InChI=1S/C4H10.C2H5O/c1-4(2)3;1-2-3/h4H,1-3H3;3H,1-2H2. The Morgan fingerprint density at radius 2 is 1.43 bits per heavy atom. The molecule has 0 aromatic carbocycles. The van der Waals surface area contributed by atoms with Gasteiger partial charge in [0.15, 0.2) is 0 Å². The normalized spacial score (nSPS) is 7.71. The average molecular weight is 103 g/mol. The molecule has 0 aromatic rings. The van der Waals surface area contributed by atoms with Crippen LogP contribution in [0.2, 0.25) is 0 Å². The quantitative estimate of drug-likeness (QED) is 0.492. The van der Waals surface area contributed by atoms with Gasteiger partial charge in [-0.25, -0.2) is 0 Å². The summed E-state index contributed by atoms with van der Waals surface area (Å²) in [5.41, 5.74) is 0. The molecule has 1 radical (unpaired) electrons. The second-order valence-corrected chi connectivity index (χ2v) is 1.96. The first kappa shape index (κ1) is 10.0. The molecule has 1 nitrogen and oxygen atoms in total. The van der Waals surface area contributed by atoms with Crippen molar-refractivity contribution in [2.45, 2.75) is 20.8 Å². The molecule has 0 aliphatic carbocycles. The first-order valence-electron chi connectivity index (χ1n) is 2.55. The van der Waals surface area contributed by atoms with Gasteiger partial charge in [0.1, 0.15) is 0 Å². The van der Waals surface area contributed by atoms with Gasteiger partial charge in [0.2, 0.25) is 0 Å². The molecule has 0 aliphatic heterocycles. The maximum atomic E-state index is 7.46. The Kier molecular flexibility index (Phi) is 13.4. The molecule has 0 saturated carbocycles. The van der Waals surface area contributed by atoms with E-state index in [0.29, 0.717) is 0 Å². The topological polar surface area (TPSA) is 20.2 Å². The Labute approximate surface area is 46.4 Å². The van der Waals surface area contributed by atoms with Crippen molar-refractivity contribution in [1.29, 1.82) is 0 Å². The summed E-state index contributed by atoms with van der Waals surface area (Å²) in [5, 5.41) is 7.46. The van der Waals surface area contributed by atoms with Crippen LogP contribution in [0.3, 0.4) is 0 Å². The Morgan fingerprint density at radius 1 is 1.43 bits per heavy atom. The highest BCUT2D eigenvalue weighted by atomic mass is 16.2. The van der Waals surface area contributed by atoms with Crippen LogP contribution in [0.4, 0.5) is 0 Å². The zero-order valence-electron chi connectivity index (χ0n) is 5.44. The van der Waals surface area contributed by atoms with Crippen molar-refractivity contribution in [2.24, 2.45) is 5.92 Å². The van der Waals surface area contributed by atoms with Gasteiger partial charge >= 0.3 is 0 Å². The number of aliphatic hydroxyl groups is 1. The van der Waals surface area contributed by atoms with E-state index in [1.807, 2.05) is 0 Å². The van der Waals surface area contributed by atoms with Crippen molar-refractivity contribution >= 4 is 0 Å². The maximum absolute atomic E-state index is 7.46. The summed E-state index contributed by atoms with van der Waals surface area (Å²) in [6.45, 7) is 9.54. The van der Waals surface area contributed by atoms with E-state index in [2.05, 4.69) is 27.7 Å². The van der Waals surface area contributed by atoms with Gasteiger partial charge in [-0.05, 0) is 12.8 Å². The van der Waals surface area contributed by atoms with E-state index in [1.54, 1.807) is 0 Å². The van der Waals surface area contributed by atoms with E-state index < -0.39 is 0 Å². The summed E-state index contributed by atoms with van der Waals surface area (Å²) >= 11 is 0. The Balaban J connectivity index is 0. The van der Waals surface area contributed by atoms with Crippen molar-refractivity contribution in [2.75, 3.05) is 6.61 Å². The van der Waals surface area contributed by atoms with Gasteiger partial charge in [-0.1, -0.05) is 20.8 Å². The van der Waals surface area contributed by atoms with Crippen LogP contribution < -0.4 is 0 Å². The van der Waals surface area contributed by atoms with E-state index in [0.717, 1.165) is 5.92 Å². The summed E-state index contributed by atoms with van der Waals surface area (Å²) in [5.74, 6) is 0.833. The molecule has 45 valence electrons. The first-order valence-corrected chi connectivity index (χ1v) is 2.55. The molecule has 1 heteroatoms. The maximum Gasteiger partial charge on any atom is 0.0431 e. The van der Waals surface area contributed by atoms with Crippen molar-refractivity contribution < 1.29 is 5.11 Å². The number of aliphatic hydroxyl groups excluding tert-OH is 1. The number of hydrogen-bond acceptors (Lipinski definition) is 1. The molecule has 0 spiro atoms. The van der Waals surface area contributed by atoms with Crippen LogP contribution in [-0.4, -0.2) is 11.7 Å². The molecule has 0 heterocycles. The lowest BCUT2D eigenvalue weighted by molar-refractivity contribution is 0.341. The van der Waals surface area contributed by atoms with Crippen LogP contribution in [0.15, 0.2) is 0 Å². The molecule has 0 aliphatic rings. The third-order valence-corrected chi connectivity index (χ3v) is 0. The summed E-state index contributed by atoms with van der Waals surface area (Å²) in [6.07, 6.45) is 0. The van der Waals surface area contributed by atoms with Gasteiger partial charge in [-0.3, -0.25) is 0 Å². The lowest BCUT2D eigenvalue weighted by atomic mass is 10.3. The molecule has 0 fully saturated rings. The second-order valence-electron chi connectivity index (χ2n) is 1.96. The minimum Gasteiger partial charge on any atom is -0.396 e. The van der Waals surface area contributed by atoms with Gasteiger partial charge in [0.25, 0.3) is 0 Å². The Bertz CT molecular complexity index is 15.4. The highest BCUT2D eigenvalue weighted by Gasteiger charge is 1.68. The van der Waals surface area contributed by atoms with Crippen LogP contribution in [0.25, 0.3) is 0 Å². The van der Waals surface area contributed by atoms with E-state index in [9.17, 15) is 0 Å². The summed E-state index contributed by atoms with van der Waals surface area (Å²) in [6, 6.07) is 0. The first-order chi connectivity index (χ1) is 3.15. The third-order valence-electron chi connectivity index (χ3n) is 0. The van der Waals surface area contributed by atoms with Crippen LogP contribution in [0, 0.1) is 12.8 Å². The fourth-order valence-corrected chi connectivity index (χ4v) is 0. The van der Waals surface area contributed by atoms with Gasteiger partial charge in [0, 0.05) is 6.61 Å². The van der Waals surface area contributed by atoms with Crippen LogP contribution in [0.5, 0.6) is 0 Å². The van der Waals surface area contributed by atoms with Crippen molar-refractivity contribution in [3.05, 3.63) is 6.92 Å². The number of rotatable bonds is 0. The second kappa shape index (κ2) is 9.35. The highest BCUT2D eigenvalue weighted by Crippen LogP contribution is 1.81. The molecule has 0 rings (SSSR count). The van der Waals surface area contributed by atoms with Crippen LogP contribution >= 0.6 is 0 Å². The van der Waals surface area contributed by atoms with E-state index in [4.69, 9.17) is 5.11 Å². The molecular formula is C6H15O. The van der Waals surface area contributed by atoms with Crippen molar-refractivity contribution in [1.82, 2.24) is 0 Å². The minimum absolute atomic E-state index is 0. The molecule has 7 heavy (non-hydrogen) atoms. The third kappa shape index (κ3) is 58400. The van der Waals surface area contributed by atoms with Crippen LogP contribution in [0.1, 0.15) is 20.8 Å². The Hall–Kier alpha value is -0.0400. The zero-order chi connectivity index (χ0) is 6.28. The zero-order valence-corrected chi connectivity index (χ0v) is 5.44. The summed E-state index contributed by atoms with van der Waals surface area (Å²) < 4.78 is 0. The SMILES string of the molecule is CC(C)C.[CH2]CO. The molecule has 1 N–H and O–H groups in total. The molecule has 0 saturated heterocycles. The van der Waals surface area contributed by atoms with E-state index in [-0.39, 0.29) is 6.61 Å². The van der Waals surface area contributed by atoms with Crippen molar-refractivity contribution in [3.8, 4) is 0 Å². The fourth-order valence-electron chi connectivity index (χ4n) is 0. The van der Waals surface area contributed by atoms with E-state index >= 15 is 0 Å². The lowest BCUT2D eigenvalue weighted by Gasteiger charge is -1.79. The predicted octanol–water partition coefficient (Wildman–Crippen LogP) is 1.48. The van der Waals surface area contributed by atoms with E-state index in [1.165, 1.54) is 0 Å². The fraction of sp³-hybridized carbons (Fsp3) is 0.833. The highest BCUT2D eigenvalue weighted by molar-refractivity contribution is 4.20. The molecule has 0 atom stereocenters. The molecule has 0 aromatic heterocycles. The summed E-state index contributed by atoms with van der Waals surface area (Å²) in [4.78, 5) is 0. The number of hydrogen-bond donors (Lipinski definition) is 1. The summed E-state index contributed by atoms with van der Waals surface area (Å²) in [7, 11) is 0. The molecule has 0 unspecified atom stereocenters. The van der Waals surface area contributed by atoms with Gasteiger partial charge < -0.3 is 5.11 Å². The van der Waals surface area contributed by atoms with Gasteiger partial charge in [0.05, 0.1) is 0 Å². The molecule has 0 amide bonds. The predicted molar refractivity (Wildman–Crippen MR) is 33.0 cm³/mol. The lowest BCUT2D eigenvalue weighted by Crippen LogP contribution is -1.66. The minimum atomic E-state index is 0. The van der Waals surface area contributed by atoms with Crippen molar-refractivity contribution in [3.63, 3.8) is 0 Å². The van der Waals surface area contributed by atoms with Crippen LogP contribution in [-0.2, 0) is 0 Å². The Morgan fingerprint density at radius 3 is 1.43 bits per heavy atom. The van der Waals surface area contributed by atoms with Gasteiger partial charge in [-0.2, -0.15) is 0 Å². The smallest absolute Gasteiger partial charge is 0.0431 e. The largest absolute Gasteiger partial charge is 0.396 e. The van der Waals surface area contributed by atoms with Gasteiger partial charge in [-0.15, -0.1) is 0 Å².